The number of H-pyrrole nitrogens is 2. The number of nitrogens with one attached hydrogen (secondary N) is 2. The lowest BCUT2D eigenvalue weighted by Gasteiger charge is -2.28. The summed E-state index contributed by atoms with van der Waals surface area (Å²) < 4.78 is 0. The fraction of sp³-hybridized carbons (Fsp3) is 0.727. The number of hydrogen-bond acceptors (Lipinski definition) is 3. The molecule has 2 rings (SSSR count). The molecule has 1 saturated heterocycles. The predicted octanol–water partition coefficient (Wildman–Crippen LogP) is 0.0134. The van der Waals surface area contributed by atoms with E-state index >= 15 is 0 Å². The molecular weight excluding hydrogens is 204 g/mol. The van der Waals surface area contributed by atoms with Gasteiger partial charge in [-0.25, -0.2) is 0 Å². The Morgan fingerprint density at radius 1 is 1.38 bits per heavy atom. The van der Waals surface area contributed by atoms with Gasteiger partial charge in [0.1, 0.15) is 0 Å². The van der Waals surface area contributed by atoms with Crippen molar-refractivity contribution in [2.45, 2.75) is 25.2 Å². The molecule has 1 aromatic rings. The molecule has 0 bridgehead atoms. The number of piperidine rings is 1. The second-order valence-corrected chi connectivity index (χ2v) is 4.59. The van der Waals surface area contributed by atoms with Crippen molar-refractivity contribution >= 4 is 0 Å². The topological polar surface area (TPSA) is 77.9 Å². The quantitative estimate of drug-likeness (QED) is 0.677. The average molecular weight is 224 g/mol. The molecule has 0 aliphatic carbocycles. The van der Waals surface area contributed by atoms with Gasteiger partial charge in [-0.3, -0.25) is 9.89 Å². The van der Waals surface area contributed by atoms with Crippen LogP contribution in [0.2, 0.25) is 0 Å². The van der Waals surface area contributed by atoms with Gasteiger partial charge in [0.15, 0.2) is 0 Å². The van der Waals surface area contributed by atoms with Crippen LogP contribution in [-0.2, 0) is 6.42 Å². The summed E-state index contributed by atoms with van der Waals surface area (Å²) in [5, 5.41) is 5.71. The van der Waals surface area contributed by atoms with Crippen LogP contribution < -0.4 is 11.3 Å². The van der Waals surface area contributed by atoms with Crippen LogP contribution in [0.3, 0.4) is 0 Å². The van der Waals surface area contributed by atoms with Crippen LogP contribution in [-0.4, -0.2) is 41.8 Å². The van der Waals surface area contributed by atoms with Crippen molar-refractivity contribution in [1.29, 1.82) is 0 Å². The number of likely N-dealkylation sites (tertiary alicyclic amines) is 1. The largest absolute Gasteiger partial charge is 0.330 e. The Kier molecular flexibility index (Phi) is 3.46. The zero-order valence-corrected chi connectivity index (χ0v) is 9.75. The van der Waals surface area contributed by atoms with Gasteiger partial charge in [-0.2, -0.15) is 0 Å². The van der Waals surface area contributed by atoms with Crippen molar-refractivity contribution in [1.82, 2.24) is 15.1 Å². The zero-order valence-electron chi connectivity index (χ0n) is 9.75. The fourth-order valence-electron chi connectivity index (χ4n) is 2.44. The Hall–Kier alpha value is -1.07. The van der Waals surface area contributed by atoms with Crippen molar-refractivity contribution in [3.05, 3.63) is 21.6 Å². The monoisotopic (exact) mass is 224 g/mol. The van der Waals surface area contributed by atoms with E-state index in [1.165, 1.54) is 0 Å². The van der Waals surface area contributed by atoms with Crippen LogP contribution in [0.25, 0.3) is 0 Å². The van der Waals surface area contributed by atoms with Crippen molar-refractivity contribution in [2.75, 3.05) is 26.7 Å². The summed E-state index contributed by atoms with van der Waals surface area (Å²) >= 11 is 0. The van der Waals surface area contributed by atoms with E-state index in [9.17, 15) is 4.79 Å². The van der Waals surface area contributed by atoms with Crippen molar-refractivity contribution in [3.63, 3.8) is 0 Å². The summed E-state index contributed by atoms with van der Waals surface area (Å²) in [6.07, 6.45) is 2.89. The second-order valence-electron chi connectivity index (χ2n) is 4.59. The molecule has 1 aliphatic rings. The highest BCUT2D eigenvalue weighted by Crippen LogP contribution is 2.27. The van der Waals surface area contributed by atoms with Crippen molar-refractivity contribution in [3.8, 4) is 0 Å². The van der Waals surface area contributed by atoms with E-state index in [2.05, 4.69) is 22.1 Å². The summed E-state index contributed by atoms with van der Waals surface area (Å²) in [6.45, 7) is 2.72. The Labute approximate surface area is 95.0 Å². The number of hydrogen-bond donors (Lipinski definition) is 3. The molecule has 1 aromatic heterocycles. The number of nitrogens with two attached hydrogens (primary N) is 1. The molecule has 0 unspecified atom stereocenters. The molecule has 0 atom stereocenters. The molecule has 0 amide bonds. The summed E-state index contributed by atoms with van der Waals surface area (Å²) in [4.78, 5) is 13.9. The number of aromatic nitrogens is 2. The summed E-state index contributed by atoms with van der Waals surface area (Å²) in [5.41, 5.74) is 7.48. The summed E-state index contributed by atoms with van der Waals surface area (Å²) in [5.74, 6) is 0.483. The average Bonchev–Trinajstić information content (AvgIpc) is 2.63. The van der Waals surface area contributed by atoms with Gasteiger partial charge in [-0.1, -0.05) is 0 Å². The maximum Gasteiger partial charge on any atom is 0.267 e. The molecule has 0 saturated carbocycles. The predicted molar refractivity (Wildman–Crippen MR) is 63.6 cm³/mol. The van der Waals surface area contributed by atoms with Crippen LogP contribution in [0.5, 0.6) is 0 Å². The van der Waals surface area contributed by atoms with Crippen LogP contribution in [0.4, 0.5) is 0 Å². The van der Waals surface area contributed by atoms with Gasteiger partial charge in [0.25, 0.3) is 5.56 Å². The Morgan fingerprint density at radius 2 is 2.06 bits per heavy atom. The van der Waals surface area contributed by atoms with E-state index in [-0.39, 0.29) is 5.56 Å². The molecule has 0 spiro atoms. The van der Waals surface area contributed by atoms with Gasteiger partial charge < -0.3 is 15.7 Å². The summed E-state index contributed by atoms with van der Waals surface area (Å²) in [7, 11) is 2.14. The first-order valence-corrected chi connectivity index (χ1v) is 5.90. The number of nitrogens with zero attached hydrogens (tertiary/aromatic N) is 1. The van der Waals surface area contributed by atoms with Gasteiger partial charge in [0.05, 0.1) is 0 Å². The van der Waals surface area contributed by atoms with E-state index in [0.29, 0.717) is 18.9 Å². The van der Waals surface area contributed by atoms with E-state index in [1.54, 1.807) is 0 Å². The van der Waals surface area contributed by atoms with E-state index in [4.69, 9.17) is 5.73 Å². The zero-order chi connectivity index (χ0) is 11.5. The lowest BCUT2D eigenvalue weighted by atomic mass is 9.91. The van der Waals surface area contributed by atoms with Gasteiger partial charge in [0.2, 0.25) is 0 Å². The highest BCUT2D eigenvalue weighted by Gasteiger charge is 2.23. The molecule has 16 heavy (non-hydrogen) atoms. The second kappa shape index (κ2) is 4.84. The molecule has 0 aromatic carbocycles. The minimum atomic E-state index is -0.000576. The molecule has 5 heteroatoms. The molecule has 90 valence electrons. The maximum absolute atomic E-state index is 11.6. The highest BCUT2D eigenvalue weighted by atomic mass is 16.1. The molecular formula is C11H20N4O. The SMILES string of the molecule is CN1CCC(c2[nH][nH]c(=O)c2CCN)CC1. The number of rotatable bonds is 3. The minimum Gasteiger partial charge on any atom is -0.330 e. The first kappa shape index (κ1) is 11.4. The lowest BCUT2D eigenvalue weighted by Crippen LogP contribution is -2.30. The summed E-state index contributed by atoms with van der Waals surface area (Å²) in [6, 6.07) is 0. The van der Waals surface area contributed by atoms with Crippen LogP contribution in [0.15, 0.2) is 4.79 Å². The van der Waals surface area contributed by atoms with Crippen LogP contribution >= 0.6 is 0 Å². The molecule has 1 fully saturated rings. The van der Waals surface area contributed by atoms with Crippen LogP contribution in [0.1, 0.15) is 30.0 Å². The van der Waals surface area contributed by atoms with Gasteiger partial charge in [-0.15, -0.1) is 0 Å². The highest BCUT2D eigenvalue weighted by molar-refractivity contribution is 5.21. The minimum absolute atomic E-state index is 0.000576. The van der Waals surface area contributed by atoms with Gasteiger partial charge >= 0.3 is 0 Å². The molecule has 5 nitrogen and oxygen atoms in total. The van der Waals surface area contributed by atoms with Gasteiger partial charge in [0, 0.05) is 17.2 Å². The molecule has 1 aliphatic heterocycles. The Morgan fingerprint density at radius 3 is 2.69 bits per heavy atom. The first-order valence-electron chi connectivity index (χ1n) is 5.90. The maximum atomic E-state index is 11.6. The third-order valence-electron chi connectivity index (χ3n) is 3.43. The third-order valence-corrected chi connectivity index (χ3v) is 3.43. The van der Waals surface area contributed by atoms with Crippen molar-refractivity contribution < 1.29 is 0 Å². The van der Waals surface area contributed by atoms with E-state index in [1.807, 2.05) is 0 Å². The van der Waals surface area contributed by atoms with Gasteiger partial charge in [-0.05, 0) is 45.9 Å². The standard InChI is InChI=1S/C11H20N4O/c1-15-6-3-8(4-7-15)10-9(2-5-12)11(16)14-13-10/h8H,2-7,12H2,1H3,(H2,13,14,16). The Bertz CT molecular complexity index is 387. The normalized spacial score (nSPS) is 19.1. The van der Waals surface area contributed by atoms with E-state index < -0.39 is 0 Å². The fourth-order valence-corrected chi connectivity index (χ4v) is 2.44. The number of aromatic amines is 2. The lowest BCUT2D eigenvalue weighted by molar-refractivity contribution is 0.253. The first-order chi connectivity index (χ1) is 7.72. The van der Waals surface area contributed by atoms with Crippen molar-refractivity contribution in [2.24, 2.45) is 5.73 Å². The van der Waals surface area contributed by atoms with E-state index in [0.717, 1.165) is 37.2 Å². The Balaban J connectivity index is 2.17. The smallest absolute Gasteiger partial charge is 0.267 e. The third kappa shape index (κ3) is 2.20. The van der Waals surface area contributed by atoms with Crippen LogP contribution in [0, 0.1) is 0 Å². The molecule has 2 heterocycles. The molecule has 0 radical (unpaired) electrons. The molecule has 4 N–H and O–H groups in total.